The van der Waals surface area contributed by atoms with Crippen LogP contribution in [0, 0.1) is 0 Å². The van der Waals surface area contributed by atoms with E-state index in [0.29, 0.717) is 0 Å². The molecular weight excluding hydrogens is 212 g/mol. The molecule has 1 aliphatic carbocycles. The second-order valence-electron chi connectivity index (χ2n) is 4.13. The fourth-order valence-corrected chi connectivity index (χ4v) is 2.03. The zero-order valence-corrected chi connectivity index (χ0v) is 9.98. The molecule has 1 aliphatic rings. The van der Waals surface area contributed by atoms with Gasteiger partial charge in [-0.15, -0.1) is 0 Å². The van der Waals surface area contributed by atoms with E-state index in [9.17, 15) is 4.79 Å². The van der Waals surface area contributed by atoms with E-state index in [1.807, 2.05) is 12.1 Å². The summed E-state index contributed by atoms with van der Waals surface area (Å²) in [5.41, 5.74) is 3.82. The van der Waals surface area contributed by atoms with Crippen LogP contribution in [-0.4, -0.2) is 13.1 Å². The summed E-state index contributed by atoms with van der Waals surface area (Å²) < 4.78 is 4.59. The Balaban J connectivity index is 2.22. The van der Waals surface area contributed by atoms with Gasteiger partial charge >= 0.3 is 5.97 Å². The highest BCUT2D eigenvalue weighted by molar-refractivity contribution is 5.82. The first-order chi connectivity index (χ1) is 8.29. The normalized spacial score (nSPS) is 15.0. The topological polar surface area (TPSA) is 26.3 Å². The average Bonchev–Trinajstić information content (AvgIpc) is 2.57. The van der Waals surface area contributed by atoms with Gasteiger partial charge in [0.15, 0.2) is 0 Å². The first-order valence-electron chi connectivity index (χ1n) is 5.84. The Morgan fingerprint density at radius 2 is 2.12 bits per heavy atom. The van der Waals surface area contributed by atoms with E-state index in [4.69, 9.17) is 0 Å². The third-order valence-electron chi connectivity index (χ3n) is 2.94. The number of fused-ring (bicyclic) bond motifs is 1. The van der Waals surface area contributed by atoms with Crippen LogP contribution in [0.3, 0.4) is 0 Å². The van der Waals surface area contributed by atoms with E-state index < -0.39 is 0 Å². The molecule has 0 bridgehead atoms. The van der Waals surface area contributed by atoms with Gasteiger partial charge in [0.25, 0.3) is 0 Å². The Hall–Kier alpha value is -1.83. The zero-order chi connectivity index (χ0) is 12.1. The molecule has 0 unspecified atom stereocenters. The highest BCUT2D eigenvalue weighted by Gasteiger charge is 2.06. The minimum absolute atomic E-state index is 0.302. The van der Waals surface area contributed by atoms with Crippen LogP contribution in [0.2, 0.25) is 0 Å². The Bertz CT molecular complexity index is 470. The lowest BCUT2D eigenvalue weighted by atomic mass is 10.1. The smallest absolute Gasteiger partial charge is 0.330 e. The standard InChI is InChI=1S/C15H16O2/c1-17-15(16)10-9-12-5-4-8-13-6-2-3-7-14(13)11-12/h2-3,6-7,9-11H,4-5,8H2,1H3/b10-9+. The van der Waals surface area contributed by atoms with Crippen LogP contribution in [0.25, 0.3) is 6.08 Å². The van der Waals surface area contributed by atoms with Crippen molar-refractivity contribution < 1.29 is 9.53 Å². The Kier molecular flexibility index (Phi) is 3.76. The SMILES string of the molecule is COC(=O)/C=C/C1=Cc2ccccc2CCC1. The molecule has 0 aliphatic heterocycles. The van der Waals surface area contributed by atoms with E-state index >= 15 is 0 Å². The summed E-state index contributed by atoms with van der Waals surface area (Å²) in [5.74, 6) is -0.302. The number of carbonyl (C=O) groups is 1. The summed E-state index contributed by atoms with van der Waals surface area (Å²) in [5, 5.41) is 0. The summed E-state index contributed by atoms with van der Waals surface area (Å²) in [7, 11) is 1.39. The van der Waals surface area contributed by atoms with Crippen LogP contribution in [0.4, 0.5) is 0 Å². The molecule has 0 amide bonds. The highest BCUT2D eigenvalue weighted by atomic mass is 16.5. The van der Waals surface area contributed by atoms with Crippen molar-refractivity contribution in [2.75, 3.05) is 7.11 Å². The largest absolute Gasteiger partial charge is 0.466 e. The fraction of sp³-hybridized carbons (Fsp3) is 0.267. The quantitative estimate of drug-likeness (QED) is 0.574. The minimum Gasteiger partial charge on any atom is -0.466 e. The summed E-state index contributed by atoms with van der Waals surface area (Å²) >= 11 is 0. The van der Waals surface area contributed by atoms with Crippen molar-refractivity contribution in [3.63, 3.8) is 0 Å². The third kappa shape index (κ3) is 3.06. The van der Waals surface area contributed by atoms with Gasteiger partial charge in [-0.05, 0) is 36.0 Å². The molecule has 1 aromatic carbocycles. The molecule has 0 heterocycles. The lowest BCUT2D eigenvalue weighted by Gasteiger charge is -2.00. The third-order valence-corrected chi connectivity index (χ3v) is 2.94. The predicted octanol–water partition coefficient (Wildman–Crippen LogP) is 3.14. The van der Waals surface area contributed by atoms with Crippen LogP contribution < -0.4 is 0 Å². The van der Waals surface area contributed by atoms with Gasteiger partial charge < -0.3 is 4.74 Å². The van der Waals surface area contributed by atoms with Crippen LogP contribution in [-0.2, 0) is 16.0 Å². The van der Waals surface area contributed by atoms with E-state index in [2.05, 4.69) is 29.0 Å². The van der Waals surface area contributed by atoms with Crippen molar-refractivity contribution in [2.24, 2.45) is 0 Å². The van der Waals surface area contributed by atoms with E-state index in [0.717, 1.165) is 19.3 Å². The van der Waals surface area contributed by atoms with Gasteiger partial charge in [0, 0.05) is 6.08 Å². The number of esters is 1. The molecule has 0 fully saturated rings. The molecule has 88 valence electrons. The van der Waals surface area contributed by atoms with Crippen LogP contribution >= 0.6 is 0 Å². The Labute approximate surface area is 102 Å². The monoisotopic (exact) mass is 228 g/mol. The van der Waals surface area contributed by atoms with Gasteiger partial charge in [0.2, 0.25) is 0 Å². The maximum Gasteiger partial charge on any atom is 0.330 e. The number of allylic oxidation sites excluding steroid dienone is 2. The number of hydrogen-bond acceptors (Lipinski definition) is 2. The minimum atomic E-state index is -0.302. The second kappa shape index (κ2) is 5.48. The number of aryl methyl sites for hydroxylation is 1. The molecule has 0 aromatic heterocycles. The van der Waals surface area contributed by atoms with Crippen LogP contribution in [0.5, 0.6) is 0 Å². The summed E-state index contributed by atoms with van der Waals surface area (Å²) in [6.45, 7) is 0. The maximum absolute atomic E-state index is 11.0. The summed E-state index contributed by atoms with van der Waals surface area (Å²) in [6.07, 6.45) is 8.72. The van der Waals surface area contributed by atoms with E-state index in [1.54, 1.807) is 0 Å². The molecule has 0 saturated carbocycles. The van der Waals surface area contributed by atoms with Crippen molar-refractivity contribution in [3.8, 4) is 0 Å². The maximum atomic E-state index is 11.0. The van der Waals surface area contributed by atoms with Gasteiger partial charge in [-0.25, -0.2) is 4.79 Å². The van der Waals surface area contributed by atoms with E-state index in [1.165, 1.54) is 29.9 Å². The molecule has 0 saturated heterocycles. The molecule has 17 heavy (non-hydrogen) atoms. The van der Waals surface area contributed by atoms with Crippen molar-refractivity contribution in [1.82, 2.24) is 0 Å². The Morgan fingerprint density at radius 3 is 2.94 bits per heavy atom. The van der Waals surface area contributed by atoms with Crippen LogP contribution in [0.1, 0.15) is 24.0 Å². The van der Waals surface area contributed by atoms with Gasteiger partial charge in [0.05, 0.1) is 7.11 Å². The molecule has 0 radical (unpaired) electrons. The first kappa shape index (κ1) is 11.6. The number of benzene rings is 1. The molecule has 2 heteroatoms. The lowest BCUT2D eigenvalue weighted by Crippen LogP contribution is -1.93. The summed E-state index contributed by atoms with van der Waals surface area (Å²) in [6, 6.07) is 8.40. The van der Waals surface area contributed by atoms with E-state index in [-0.39, 0.29) is 5.97 Å². The molecule has 0 N–H and O–H groups in total. The predicted molar refractivity (Wildman–Crippen MR) is 68.5 cm³/mol. The van der Waals surface area contributed by atoms with Crippen molar-refractivity contribution in [1.29, 1.82) is 0 Å². The zero-order valence-electron chi connectivity index (χ0n) is 9.98. The number of methoxy groups -OCH3 is 1. The molecule has 2 nitrogen and oxygen atoms in total. The molecule has 1 aromatic rings. The van der Waals surface area contributed by atoms with Crippen molar-refractivity contribution >= 4 is 12.0 Å². The van der Waals surface area contributed by atoms with Gasteiger partial charge in [0.1, 0.15) is 0 Å². The average molecular weight is 228 g/mol. The van der Waals surface area contributed by atoms with Crippen molar-refractivity contribution in [3.05, 3.63) is 53.1 Å². The highest BCUT2D eigenvalue weighted by Crippen LogP contribution is 2.23. The number of rotatable bonds is 2. The van der Waals surface area contributed by atoms with Gasteiger partial charge in [-0.3, -0.25) is 0 Å². The molecule has 0 spiro atoms. The molecule has 2 rings (SSSR count). The van der Waals surface area contributed by atoms with Crippen molar-refractivity contribution in [2.45, 2.75) is 19.3 Å². The number of hydrogen-bond donors (Lipinski definition) is 0. The first-order valence-corrected chi connectivity index (χ1v) is 5.84. The fourth-order valence-electron chi connectivity index (χ4n) is 2.03. The molecular formula is C15H16O2. The Morgan fingerprint density at radius 1 is 1.29 bits per heavy atom. The second-order valence-corrected chi connectivity index (χ2v) is 4.13. The molecule has 0 atom stereocenters. The van der Waals surface area contributed by atoms with Gasteiger partial charge in [-0.1, -0.05) is 36.4 Å². The lowest BCUT2D eigenvalue weighted by molar-refractivity contribution is -0.134. The number of ether oxygens (including phenoxy) is 1. The number of carbonyl (C=O) groups excluding carboxylic acids is 1. The summed E-state index contributed by atoms with van der Waals surface area (Å²) in [4.78, 5) is 11.0. The van der Waals surface area contributed by atoms with Gasteiger partial charge in [-0.2, -0.15) is 0 Å². The van der Waals surface area contributed by atoms with Crippen LogP contribution in [0.15, 0.2) is 42.0 Å².